The van der Waals surface area contributed by atoms with Crippen molar-refractivity contribution in [3.63, 3.8) is 0 Å². The van der Waals surface area contributed by atoms with Crippen LogP contribution in [0.3, 0.4) is 0 Å². The van der Waals surface area contributed by atoms with E-state index in [1.165, 1.54) is 4.90 Å². The number of aryl methyl sites for hydroxylation is 1. The molecule has 2 rings (SSSR count). The van der Waals surface area contributed by atoms with Gasteiger partial charge in [-0.2, -0.15) is 0 Å². The summed E-state index contributed by atoms with van der Waals surface area (Å²) in [4.78, 5) is 24.1. The van der Waals surface area contributed by atoms with E-state index >= 15 is 0 Å². The van der Waals surface area contributed by atoms with Crippen molar-refractivity contribution in [1.82, 2.24) is 0 Å². The van der Waals surface area contributed by atoms with Gasteiger partial charge in [-0.1, -0.05) is 15.9 Å². The molecule has 1 fully saturated rings. The molecule has 0 aliphatic carbocycles. The molecule has 0 unspecified atom stereocenters. The molecule has 1 saturated heterocycles. The van der Waals surface area contributed by atoms with Gasteiger partial charge in [-0.3, -0.25) is 9.59 Å². The average molecular weight is 298 g/mol. The number of amides is 1. The normalized spacial score (nSPS) is 19.8. The van der Waals surface area contributed by atoms with E-state index in [2.05, 4.69) is 15.9 Å². The van der Waals surface area contributed by atoms with Crippen molar-refractivity contribution < 1.29 is 14.7 Å². The lowest BCUT2D eigenvalue weighted by atomic mass is 10.1. The first kappa shape index (κ1) is 12.1. The number of aliphatic carboxylic acids is 1. The molecule has 0 bridgehead atoms. The fourth-order valence-electron chi connectivity index (χ4n) is 1.92. The van der Waals surface area contributed by atoms with Crippen molar-refractivity contribution in [2.45, 2.75) is 13.3 Å². The lowest BCUT2D eigenvalue weighted by molar-refractivity contribution is -0.141. The lowest BCUT2D eigenvalue weighted by Gasteiger charge is -2.17. The van der Waals surface area contributed by atoms with Gasteiger partial charge < -0.3 is 10.0 Å². The Hall–Kier alpha value is -1.36. The molecule has 5 heteroatoms. The Morgan fingerprint density at radius 1 is 1.53 bits per heavy atom. The summed E-state index contributed by atoms with van der Waals surface area (Å²) in [7, 11) is 0. The SMILES string of the molecule is Cc1cc(N2C[C@H](C(=O)O)CC2=O)ccc1Br. The highest BCUT2D eigenvalue weighted by atomic mass is 79.9. The van der Waals surface area contributed by atoms with Gasteiger partial charge in [0.1, 0.15) is 0 Å². The molecule has 4 nitrogen and oxygen atoms in total. The van der Waals surface area contributed by atoms with Gasteiger partial charge in [-0.05, 0) is 30.7 Å². The Bertz CT molecular complexity index is 487. The molecule has 1 N–H and O–H groups in total. The molecule has 1 aromatic rings. The Labute approximate surface area is 107 Å². The van der Waals surface area contributed by atoms with Crippen LogP contribution < -0.4 is 4.90 Å². The van der Waals surface area contributed by atoms with Crippen molar-refractivity contribution in [3.05, 3.63) is 28.2 Å². The lowest BCUT2D eigenvalue weighted by Crippen LogP contribution is -2.25. The maximum atomic E-state index is 11.7. The van der Waals surface area contributed by atoms with Gasteiger partial charge in [0.2, 0.25) is 5.91 Å². The zero-order valence-electron chi connectivity index (χ0n) is 9.31. The minimum Gasteiger partial charge on any atom is -0.481 e. The third kappa shape index (κ3) is 2.34. The third-order valence-corrected chi connectivity index (χ3v) is 3.82. The summed E-state index contributed by atoms with van der Waals surface area (Å²) in [5, 5.41) is 8.91. The zero-order valence-corrected chi connectivity index (χ0v) is 10.9. The molecule has 90 valence electrons. The number of nitrogens with zero attached hydrogens (tertiary/aromatic N) is 1. The number of benzene rings is 1. The van der Waals surface area contributed by atoms with Crippen LogP contribution >= 0.6 is 15.9 Å². The largest absolute Gasteiger partial charge is 0.481 e. The first-order chi connectivity index (χ1) is 7.99. The van der Waals surface area contributed by atoms with Crippen LogP contribution in [-0.2, 0) is 9.59 Å². The standard InChI is InChI=1S/C12H12BrNO3/c1-7-4-9(2-3-10(7)13)14-6-8(12(16)17)5-11(14)15/h2-4,8H,5-6H2,1H3,(H,16,17)/t8-/m1/s1. The van der Waals surface area contributed by atoms with Gasteiger partial charge in [0.15, 0.2) is 0 Å². The van der Waals surface area contributed by atoms with Gasteiger partial charge in [-0.15, -0.1) is 0 Å². The number of halogens is 1. The predicted molar refractivity (Wildman–Crippen MR) is 67.0 cm³/mol. The van der Waals surface area contributed by atoms with Crippen LogP contribution in [-0.4, -0.2) is 23.5 Å². The van der Waals surface area contributed by atoms with E-state index < -0.39 is 11.9 Å². The highest BCUT2D eigenvalue weighted by Gasteiger charge is 2.35. The molecule has 1 aliphatic heterocycles. The van der Waals surface area contributed by atoms with E-state index in [4.69, 9.17) is 5.11 Å². The number of carboxylic acids is 1. The third-order valence-electron chi connectivity index (χ3n) is 2.93. The average Bonchev–Trinajstić information content (AvgIpc) is 2.65. The monoisotopic (exact) mass is 297 g/mol. The van der Waals surface area contributed by atoms with Crippen LogP contribution in [0.15, 0.2) is 22.7 Å². The van der Waals surface area contributed by atoms with E-state index in [1.54, 1.807) is 0 Å². The smallest absolute Gasteiger partial charge is 0.308 e. The van der Waals surface area contributed by atoms with E-state index in [0.29, 0.717) is 0 Å². The molecule has 1 aromatic carbocycles. The molecule has 17 heavy (non-hydrogen) atoms. The van der Waals surface area contributed by atoms with Gasteiger partial charge in [0.05, 0.1) is 5.92 Å². The molecule has 1 atom stereocenters. The van der Waals surface area contributed by atoms with E-state index in [9.17, 15) is 9.59 Å². The highest BCUT2D eigenvalue weighted by molar-refractivity contribution is 9.10. The first-order valence-corrected chi connectivity index (χ1v) is 6.07. The van der Waals surface area contributed by atoms with Crippen LogP contribution in [0.2, 0.25) is 0 Å². The number of carboxylic acid groups (broad SMARTS) is 1. The second kappa shape index (κ2) is 4.49. The van der Waals surface area contributed by atoms with Crippen molar-refractivity contribution in [2.75, 3.05) is 11.4 Å². The second-order valence-electron chi connectivity index (χ2n) is 4.18. The molecular weight excluding hydrogens is 286 g/mol. The fraction of sp³-hybridized carbons (Fsp3) is 0.333. The Morgan fingerprint density at radius 2 is 2.24 bits per heavy atom. The molecule has 1 heterocycles. The highest BCUT2D eigenvalue weighted by Crippen LogP contribution is 2.28. The molecule has 0 saturated carbocycles. The minimum atomic E-state index is -0.908. The zero-order chi connectivity index (χ0) is 12.6. The maximum absolute atomic E-state index is 11.7. The van der Waals surface area contributed by atoms with E-state index in [-0.39, 0.29) is 18.9 Å². The van der Waals surface area contributed by atoms with Crippen LogP contribution in [0.4, 0.5) is 5.69 Å². The van der Waals surface area contributed by atoms with Crippen LogP contribution in [0, 0.1) is 12.8 Å². The summed E-state index contributed by atoms with van der Waals surface area (Å²) in [5.41, 5.74) is 1.79. The Morgan fingerprint density at radius 3 is 2.76 bits per heavy atom. The van der Waals surface area contributed by atoms with Crippen LogP contribution in [0.1, 0.15) is 12.0 Å². The topological polar surface area (TPSA) is 57.6 Å². The first-order valence-electron chi connectivity index (χ1n) is 5.28. The van der Waals surface area contributed by atoms with Crippen LogP contribution in [0.5, 0.6) is 0 Å². The summed E-state index contributed by atoms with van der Waals surface area (Å²) in [6.45, 7) is 2.19. The Kier molecular flexibility index (Phi) is 3.19. The Balaban J connectivity index is 2.26. The summed E-state index contributed by atoms with van der Waals surface area (Å²) < 4.78 is 0.975. The van der Waals surface area contributed by atoms with Crippen molar-refractivity contribution in [3.8, 4) is 0 Å². The second-order valence-corrected chi connectivity index (χ2v) is 5.03. The molecule has 0 spiro atoms. The summed E-state index contributed by atoms with van der Waals surface area (Å²) in [6, 6.07) is 5.57. The summed E-state index contributed by atoms with van der Waals surface area (Å²) >= 11 is 3.39. The maximum Gasteiger partial charge on any atom is 0.308 e. The van der Waals surface area contributed by atoms with Crippen molar-refractivity contribution in [2.24, 2.45) is 5.92 Å². The number of carbonyl (C=O) groups excluding carboxylic acids is 1. The summed E-state index contributed by atoms with van der Waals surface area (Å²) in [6.07, 6.45) is 0.0877. The van der Waals surface area contributed by atoms with E-state index in [1.807, 2.05) is 25.1 Å². The quantitative estimate of drug-likeness (QED) is 0.910. The number of rotatable bonds is 2. The number of carbonyl (C=O) groups is 2. The van der Waals surface area contributed by atoms with Crippen molar-refractivity contribution in [1.29, 1.82) is 0 Å². The molecular formula is C12H12BrNO3. The summed E-state index contributed by atoms with van der Waals surface area (Å²) in [5.74, 6) is -1.62. The van der Waals surface area contributed by atoms with E-state index in [0.717, 1.165) is 15.7 Å². The van der Waals surface area contributed by atoms with Gasteiger partial charge >= 0.3 is 5.97 Å². The predicted octanol–water partition coefficient (Wildman–Crippen LogP) is 2.20. The van der Waals surface area contributed by atoms with Gasteiger partial charge in [0, 0.05) is 23.1 Å². The molecule has 1 amide bonds. The van der Waals surface area contributed by atoms with Crippen molar-refractivity contribution >= 4 is 33.5 Å². The number of hydrogen-bond acceptors (Lipinski definition) is 2. The minimum absolute atomic E-state index is 0.0877. The molecule has 1 aliphatic rings. The molecule has 0 radical (unpaired) electrons. The van der Waals surface area contributed by atoms with Gasteiger partial charge in [-0.25, -0.2) is 0 Å². The number of anilines is 1. The number of hydrogen-bond donors (Lipinski definition) is 1. The van der Waals surface area contributed by atoms with Gasteiger partial charge in [0.25, 0.3) is 0 Å². The van der Waals surface area contributed by atoms with Crippen LogP contribution in [0.25, 0.3) is 0 Å². The molecule has 0 aromatic heterocycles. The fourth-order valence-corrected chi connectivity index (χ4v) is 2.17.